The third-order valence-corrected chi connectivity index (χ3v) is 4.74. The van der Waals surface area contributed by atoms with Crippen molar-refractivity contribution in [2.75, 3.05) is 18.4 Å². The van der Waals surface area contributed by atoms with Crippen LogP contribution >= 0.6 is 0 Å². The van der Waals surface area contributed by atoms with Gasteiger partial charge in [-0.25, -0.2) is 0 Å². The SMILES string of the molecule is CCNc1ccc(C)cc1C(=O)NCC(C1CC1)C1CC1. The molecule has 2 fully saturated rings. The van der Waals surface area contributed by atoms with Crippen LogP contribution in [0.3, 0.4) is 0 Å². The molecule has 3 heteroatoms. The zero-order chi connectivity index (χ0) is 14.8. The van der Waals surface area contributed by atoms with E-state index < -0.39 is 0 Å². The van der Waals surface area contributed by atoms with Gasteiger partial charge in [-0.1, -0.05) is 11.6 Å². The summed E-state index contributed by atoms with van der Waals surface area (Å²) in [5.74, 6) is 2.55. The lowest BCUT2D eigenvalue weighted by Gasteiger charge is -2.17. The third-order valence-electron chi connectivity index (χ3n) is 4.74. The highest BCUT2D eigenvalue weighted by atomic mass is 16.1. The molecule has 0 spiro atoms. The highest BCUT2D eigenvalue weighted by Gasteiger charge is 2.41. The zero-order valence-corrected chi connectivity index (χ0v) is 13.1. The van der Waals surface area contributed by atoms with E-state index in [4.69, 9.17) is 0 Å². The number of carbonyl (C=O) groups is 1. The molecule has 0 aliphatic heterocycles. The van der Waals surface area contributed by atoms with Gasteiger partial charge in [-0.05, 0) is 69.4 Å². The maximum absolute atomic E-state index is 12.5. The van der Waals surface area contributed by atoms with E-state index >= 15 is 0 Å². The van der Waals surface area contributed by atoms with Crippen LogP contribution in [0.5, 0.6) is 0 Å². The Balaban J connectivity index is 1.65. The standard InChI is InChI=1S/C18H26N2O/c1-3-19-17-9-4-12(2)10-15(17)18(21)20-11-16(13-5-6-13)14-7-8-14/h4,9-10,13-14,16,19H,3,5-8,11H2,1-2H3,(H,20,21). The highest BCUT2D eigenvalue weighted by molar-refractivity contribution is 5.99. The molecule has 2 aliphatic rings. The van der Waals surface area contributed by atoms with Crippen molar-refractivity contribution in [2.45, 2.75) is 39.5 Å². The third kappa shape index (κ3) is 3.58. The summed E-state index contributed by atoms with van der Waals surface area (Å²) in [5.41, 5.74) is 2.85. The van der Waals surface area contributed by atoms with Gasteiger partial charge in [-0.3, -0.25) is 4.79 Å². The number of amides is 1. The van der Waals surface area contributed by atoms with Crippen molar-refractivity contribution in [3.8, 4) is 0 Å². The first-order valence-corrected chi connectivity index (χ1v) is 8.31. The summed E-state index contributed by atoms with van der Waals surface area (Å²) >= 11 is 0. The zero-order valence-electron chi connectivity index (χ0n) is 13.1. The molecule has 0 aromatic heterocycles. The first-order chi connectivity index (χ1) is 10.2. The van der Waals surface area contributed by atoms with Crippen molar-refractivity contribution in [1.29, 1.82) is 0 Å². The molecule has 0 unspecified atom stereocenters. The summed E-state index contributed by atoms with van der Waals surface area (Å²) in [6.07, 6.45) is 5.46. The molecule has 0 atom stereocenters. The Morgan fingerprint density at radius 1 is 1.24 bits per heavy atom. The molecule has 0 bridgehead atoms. The van der Waals surface area contributed by atoms with E-state index in [1.165, 1.54) is 25.7 Å². The molecular formula is C18H26N2O. The van der Waals surface area contributed by atoms with Crippen molar-refractivity contribution in [2.24, 2.45) is 17.8 Å². The number of hydrogen-bond acceptors (Lipinski definition) is 2. The van der Waals surface area contributed by atoms with Gasteiger partial charge in [0.15, 0.2) is 0 Å². The topological polar surface area (TPSA) is 41.1 Å². The van der Waals surface area contributed by atoms with Gasteiger partial charge in [0, 0.05) is 18.8 Å². The van der Waals surface area contributed by atoms with E-state index in [-0.39, 0.29) is 5.91 Å². The molecule has 3 rings (SSSR count). The van der Waals surface area contributed by atoms with Gasteiger partial charge in [-0.15, -0.1) is 0 Å². The Bertz CT molecular complexity index is 506. The molecule has 2 N–H and O–H groups in total. The maximum atomic E-state index is 12.5. The number of aryl methyl sites for hydroxylation is 1. The Morgan fingerprint density at radius 3 is 2.48 bits per heavy atom. The normalized spacial score (nSPS) is 17.9. The smallest absolute Gasteiger partial charge is 0.253 e. The molecule has 2 saturated carbocycles. The minimum absolute atomic E-state index is 0.0703. The number of benzene rings is 1. The predicted octanol–water partition coefficient (Wildman–Crippen LogP) is 3.59. The summed E-state index contributed by atoms with van der Waals surface area (Å²) in [5, 5.41) is 6.47. The van der Waals surface area contributed by atoms with Crippen molar-refractivity contribution in [3.63, 3.8) is 0 Å². The van der Waals surface area contributed by atoms with Crippen LogP contribution in [-0.4, -0.2) is 19.0 Å². The lowest BCUT2D eigenvalue weighted by molar-refractivity contribution is 0.0944. The number of carbonyl (C=O) groups excluding carboxylic acids is 1. The number of anilines is 1. The first-order valence-electron chi connectivity index (χ1n) is 8.31. The molecule has 1 aromatic carbocycles. The van der Waals surface area contributed by atoms with E-state index in [0.29, 0.717) is 0 Å². The summed E-state index contributed by atoms with van der Waals surface area (Å²) in [7, 11) is 0. The van der Waals surface area contributed by atoms with Crippen molar-refractivity contribution >= 4 is 11.6 Å². The van der Waals surface area contributed by atoms with Crippen LogP contribution in [0.1, 0.15) is 48.5 Å². The fourth-order valence-electron chi connectivity index (χ4n) is 3.26. The molecule has 21 heavy (non-hydrogen) atoms. The number of hydrogen-bond donors (Lipinski definition) is 2. The number of nitrogens with one attached hydrogen (secondary N) is 2. The van der Waals surface area contributed by atoms with Crippen LogP contribution in [0, 0.1) is 24.7 Å². The predicted molar refractivity (Wildman–Crippen MR) is 86.6 cm³/mol. The van der Waals surface area contributed by atoms with Gasteiger partial charge in [0.2, 0.25) is 0 Å². The second-order valence-electron chi connectivity index (χ2n) is 6.63. The van der Waals surface area contributed by atoms with Crippen LogP contribution in [0.4, 0.5) is 5.69 Å². The largest absolute Gasteiger partial charge is 0.385 e. The van der Waals surface area contributed by atoms with Crippen molar-refractivity contribution < 1.29 is 4.79 Å². The quantitative estimate of drug-likeness (QED) is 0.804. The van der Waals surface area contributed by atoms with E-state index in [9.17, 15) is 4.79 Å². The van der Waals surface area contributed by atoms with Crippen molar-refractivity contribution in [1.82, 2.24) is 5.32 Å². The van der Waals surface area contributed by atoms with Crippen LogP contribution in [-0.2, 0) is 0 Å². The van der Waals surface area contributed by atoms with Crippen molar-refractivity contribution in [3.05, 3.63) is 29.3 Å². The molecule has 3 nitrogen and oxygen atoms in total. The second kappa shape index (κ2) is 6.08. The molecule has 1 aromatic rings. The van der Waals surface area contributed by atoms with Crippen LogP contribution in [0.2, 0.25) is 0 Å². The minimum Gasteiger partial charge on any atom is -0.385 e. The summed E-state index contributed by atoms with van der Waals surface area (Å²) < 4.78 is 0. The van der Waals surface area contributed by atoms with Gasteiger partial charge in [0.25, 0.3) is 5.91 Å². The molecule has 1 amide bonds. The van der Waals surface area contributed by atoms with Gasteiger partial charge in [0.1, 0.15) is 0 Å². The fraction of sp³-hybridized carbons (Fsp3) is 0.611. The van der Waals surface area contributed by atoms with E-state index in [1.807, 2.05) is 25.1 Å². The Morgan fingerprint density at radius 2 is 1.90 bits per heavy atom. The van der Waals surface area contributed by atoms with Gasteiger partial charge < -0.3 is 10.6 Å². The molecular weight excluding hydrogens is 260 g/mol. The Hall–Kier alpha value is -1.51. The molecule has 2 aliphatic carbocycles. The lowest BCUT2D eigenvalue weighted by Crippen LogP contribution is -2.31. The maximum Gasteiger partial charge on any atom is 0.253 e. The Kier molecular flexibility index (Phi) is 4.18. The van der Waals surface area contributed by atoms with Crippen LogP contribution in [0.25, 0.3) is 0 Å². The highest BCUT2D eigenvalue weighted by Crippen LogP contribution is 2.48. The first kappa shape index (κ1) is 14.4. The molecule has 0 radical (unpaired) electrons. The summed E-state index contributed by atoms with van der Waals surface area (Å²) in [6.45, 7) is 5.77. The van der Waals surface area contributed by atoms with Gasteiger partial charge in [0.05, 0.1) is 5.56 Å². The molecule has 0 saturated heterocycles. The fourth-order valence-corrected chi connectivity index (χ4v) is 3.26. The molecule has 0 heterocycles. The summed E-state index contributed by atoms with van der Waals surface area (Å²) in [6, 6.07) is 6.04. The second-order valence-corrected chi connectivity index (χ2v) is 6.63. The average Bonchev–Trinajstić information content (AvgIpc) is 3.34. The monoisotopic (exact) mass is 286 g/mol. The number of rotatable bonds is 7. The minimum atomic E-state index is 0.0703. The van der Waals surface area contributed by atoms with E-state index in [1.54, 1.807) is 0 Å². The lowest BCUT2D eigenvalue weighted by atomic mass is 9.97. The van der Waals surface area contributed by atoms with E-state index in [2.05, 4.69) is 17.6 Å². The van der Waals surface area contributed by atoms with Gasteiger partial charge >= 0.3 is 0 Å². The van der Waals surface area contributed by atoms with Gasteiger partial charge in [-0.2, -0.15) is 0 Å². The average molecular weight is 286 g/mol. The van der Waals surface area contributed by atoms with Crippen LogP contribution in [0.15, 0.2) is 18.2 Å². The summed E-state index contributed by atoms with van der Waals surface area (Å²) in [4.78, 5) is 12.5. The van der Waals surface area contributed by atoms with Crippen LogP contribution < -0.4 is 10.6 Å². The molecule has 114 valence electrons. The Labute approximate surface area is 127 Å². The van der Waals surface area contributed by atoms with E-state index in [0.717, 1.165) is 47.7 Å².